The van der Waals surface area contributed by atoms with E-state index in [0.29, 0.717) is 0 Å². The third-order valence-electron chi connectivity index (χ3n) is 1.58. The zero-order valence-electron chi connectivity index (χ0n) is 8.48. The normalized spacial score (nSPS) is 10.7. The van der Waals surface area contributed by atoms with E-state index in [1.165, 1.54) is 19.5 Å². The zero-order chi connectivity index (χ0) is 9.23. The van der Waals surface area contributed by atoms with Crippen LogP contribution in [-0.4, -0.2) is 59.8 Å². The quantitative estimate of drug-likeness (QED) is 0.486. The minimum absolute atomic E-state index is 0.419. The van der Waals surface area contributed by atoms with Crippen LogP contribution < -0.4 is 7.08 Å². The SMILES string of the molecule is CCCN(C)CC[NH][Sn+][NH]CC. The molecule has 0 atom stereocenters. The van der Waals surface area contributed by atoms with Gasteiger partial charge in [-0.25, -0.2) is 0 Å². The van der Waals surface area contributed by atoms with E-state index in [4.69, 9.17) is 0 Å². The van der Waals surface area contributed by atoms with Crippen molar-refractivity contribution in [2.45, 2.75) is 20.3 Å². The second-order valence-corrected chi connectivity index (χ2v) is 5.62. The molecule has 0 fully saturated rings. The minimum atomic E-state index is -0.419. The summed E-state index contributed by atoms with van der Waals surface area (Å²) in [6, 6.07) is 0. The summed E-state index contributed by atoms with van der Waals surface area (Å²) in [5.41, 5.74) is 0. The second-order valence-electron chi connectivity index (χ2n) is 2.89. The first-order valence-corrected chi connectivity index (χ1v) is 7.56. The van der Waals surface area contributed by atoms with Crippen molar-refractivity contribution in [3.63, 3.8) is 0 Å². The van der Waals surface area contributed by atoms with Crippen molar-refractivity contribution in [3.8, 4) is 0 Å². The zero-order valence-corrected chi connectivity index (χ0v) is 11.3. The van der Waals surface area contributed by atoms with Crippen molar-refractivity contribution in [1.29, 1.82) is 0 Å². The summed E-state index contributed by atoms with van der Waals surface area (Å²) in [4.78, 5) is 2.37. The topological polar surface area (TPSA) is 27.3 Å². The molecule has 0 amide bonds. The Labute approximate surface area is 87.2 Å². The molecule has 0 aliphatic rings. The molecule has 0 aromatic carbocycles. The van der Waals surface area contributed by atoms with E-state index in [1.807, 2.05) is 0 Å². The molecule has 0 saturated carbocycles. The van der Waals surface area contributed by atoms with Gasteiger partial charge in [-0.1, -0.05) is 0 Å². The summed E-state index contributed by atoms with van der Waals surface area (Å²) in [5.74, 6) is 0. The van der Waals surface area contributed by atoms with Crippen LogP contribution in [0.15, 0.2) is 0 Å². The molecule has 0 heterocycles. The second kappa shape index (κ2) is 9.76. The van der Waals surface area contributed by atoms with E-state index in [0.717, 1.165) is 13.1 Å². The van der Waals surface area contributed by atoms with Crippen LogP contribution in [0.5, 0.6) is 0 Å². The molecule has 0 spiro atoms. The molecule has 0 aliphatic carbocycles. The van der Waals surface area contributed by atoms with E-state index in [2.05, 4.69) is 32.9 Å². The number of likely N-dealkylation sites (N-methyl/N-ethyl adjacent to an activating group) is 1. The molecule has 0 aromatic heterocycles. The van der Waals surface area contributed by atoms with Crippen molar-refractivity contribution < 1.29 is 0 Å². The van der Waals surface area contributed by atoms with Crippen molar-refractivity contribution in [2.75, 3.05) is 33.2 Å². The van der Waals surface area contributed by atoms with E-state index in [1.54, 1.807) is 0 Å². The van der Waals surface area contributed by atoms with Gasteiger partial charge in [0.05, 0.1) is 0 Å². The van der Waals surface area contributed by atoms with Gasteiger partial charge in [-0.2, -0.15) is 0 Å². The predicted octanol–water partition coefficient (Wildman–Crippen LogP) is 0.0615. The summed E-state index contributed by atoms with van der Waals surface area (Å²) in [5, 5.41) is 0. The summed E-state index contributed by atoms with van der Waals surface area (Å²) in [6.45, 7) is 9.04. The van der Waals surface area contributed by atoms with E-state index < -0.39 is 21.7 Å². The molecular formula is C8H21N3Sn+. The molecule has 3 nitrogen and oxygen atoms in total. The summed E-state index contributed by atoms with van der Waals surface area (Å²) >= 11 is -0.419. The molecule has 0 aromatic rings. The van der Waals surface area contributed by atoms with Crippen molar-refractivity contribution in [1.82, 2.24) is 12.0 Å². The van der Waals surface area contributed by atoms with Crippen LogP contribution in [0.2, 0.25) is 0 Å². The Morgan fingerprint density at radius 1 is 1.17 bits per heavy atom. The van der Waals surface area contributed by atoms with Gasteiger partial charge >= 0.3 is 87.2 Å². The summed E-state index contributed by atoms with van der Waals surface area (Å²) in [7, 11) is 2.18. The number of hydrogen-bond acceptors (Lipinski definition) is 3. The van der Waals surface area contributed by atoms with Gasteiger partial charge in [-0.3, -0.25) is 0 Å². The monoisotopic (exact) mass is 279 g/mol. The number of hydrogen-bond donors (Lipinski definition) is 2. The number of rotatable bonds is 8. The van der Waals surface area contributed by atoms with Gasteiger partial charge in [-0.05, 0) is 0 Å². The van der Waals surface area contributed by atoms with Gasteiger partial charge in [0.2, 0.25) is 0 Å². The van der Waals surface area contributed by atoms with Crippen LogP contribution in [-0.2, 0) is 0 Å². The maximum absolute atomic E-state index is 3.49. The van der Waals surface area contributed by atoms with Gasteiger partial charge in [-0.15, -0.1) is 0 Å². The number of nitrogens with zero attached hydrogens (tertiary/aromatic N) is 1. The molecule has 1 radical (unpaired) electrons. The van der Waals surface area contributed by atoms with Crippen LogP contribution in [0, 0.1) is 0 Å². The standard InChI is InChI=1S/C6H15N2.C2H6N.Sn/c1-3-5-8(2)6-4-7;1-2-3;/h7H,3-6H2,1-2H3;3H,2H2,1H3;/q2*-1;+3. The van der Waals surface area contributed by atoms with Crippen LogP contribution in [0.1, 0.15) is 20.3 Å². The molecule has 4 heteroatoms. The number of nitrogens with one attached hydrogen (secondary N) is 2. The molecule has 0 saturated heterocycles. The third-order valence-corrected chi connectivity index (χ3v) is 4.31. The Hall–Kier alpha value is 0.679. The van der Waals surface area contributed by atoms with E-state index in [-0.39, 0.29) is 0 Å². The first kappa shape index (κ1) is 12.7. The van der Waals surface area contributed by atoms with Gasteiger partial charge in [0.15, 0.2) is 0 Å². The Kier molecular flexibility index (Phi) is 10.3. The van der Waals surface area contributed by atoms with Gasteiger partial charge in [0.1, 0.15) is 0 Å². The Morgan fingerprint density at radius 2 is 1.92 bits per heavy atom. The molecule has 71 valence electrons. The summed E-state index contributed by atoms with van der Waals surface area (Å²) < 4.78 is 6.89. The Bertz CT molecular complexity index is 90.4. The van der Waals surface area contributed by atoms with E-state index >= 15 is 0 Å². The Balaban J connectivity index is 2.97. The Morgan fingerprint density at radius 3 is 2.50 bits per heavy atom. The van der Waals surface area contributed by atoms with Gasteiger partial charge < -0.3 is 0 Å². The molecule has 0 unspecified atom stereocenters. The van der Waals surface area contributed by atoms with Gasteiger partial charge in [0.25, 0.3) is 0 Å². The maximum atomic E-state index is 3.49. The molecule has 0 bridgehead atoms. The van der Waals surface area contributed by atoms with Crippen LogP contribution in [0.3, 0.4) is 0 Å². The summed E-state index contributed by atoms with van der Waals surface area (Å²) in [6.07, 6.45) is 1.25. The molecule has 0 aliphatic heterocycles. The fourth-order valence-electron chi connectivity index (χ4n) is 0.954. The average molecular weight is 278 g/mol. The molecular weight excluding hydrogens is 257 g/mol. The predicted molar refractivity (Wildman–Crippen MR) is 55.2 cm³/mol. The molecule has 12 heavy (non-hydrogen) atoms. The average Bonchev–Trinajstić information content (AvgIpc) is 2.05. The van der Waals surface area contributed by atoms with E-state index in [9.17, 15) is 0 Å². The first-order chi connectivity index (χ1) is 5.81. The van der Waals surface area contributed by atoms with Crippen LogP contribution in [0.4, 0.5) is 0 Å². The fourth-order valence-corrected chi connectivity index (χ4v) is 2.49. The van der Waals surface area contributed by atoms with Gasteiger partial charge in [0, 0.05) is 0 Å². The van der Waals surface area contributed by atoms with Crippen LogP contribution in [0.25, 0.3) is 0 Å². The molecule has 2 N–H and O–H groups in total. The molecule has 0 rings (SSSR count). The van der Waals surface area contributed by atoms with Crippen molar-refractivity contribution in [2.24, 2.45) is 0 Å². The van der Waals surface area contributed by atoms with Crippen LogP contribution >= 0.6 is 0 Å². The third kappa shape index (κ3) is 8.77. The van der Waals surface area contributed by atoms with Crippen molar-refractivity contribution in [3.05, 3.63) is 0 Å². The fraction of sp³-hybridized carbons (Fsp3) is 1.00. The van der Waals surface area contributed by atoms with Crippen molar-refractivity contribution >= 4 is 21.7 Å². The first-order valence-electron chi connectivity index (χ1n) is 4.70.